The summed E-state index contributed by atoms with van der Waals surface area (Å²) in [5.41, 5.74) is 2.26. The molecule has 25 heavy (non-hydrogen) atoms. The van der Waals surface area contributed by atoms with Crippen molar-refractivity contribution in [3.05, 3.63) is 59.3 Å². The molecular weight excluding hydrogens is 320 g/mol. The standard InChI is InChI=1S/C18H18N4O3/c23-17(13-22-15-3-1-2-4-16(15)25-18(22)24)21-11-9-20(10-12-21)14-5-7-19-8-6-14/h1-8H,9-13H2. The smallest absolute Gasteiger partial charge is 0.408 e. The largest absolute Gasteiger partial charge is 0.420 e. The van der Waals surface area contributed by atoms with E-state index in [-0.39, 0.29) is 12.5 Å². The number of aromatic nitrogens is 2. The van der Waals surface area contributed by atoms with Gasteiger partial charge in [-0.05, 0) is 24.3 Å². The van der Waals surface area contributed by atoms with Crippen molar-refractivity contribution in [1.82, 2.24) is 14.5 Å². The van der Waals surface area contributed by atoms with Crippen LogP contribution in [0.1, 0.15) is 0 Å². The predicted octanol–water partition coefficient (Wildman–Crippen LogP) is 1.34. The van der Waals surface area contributed by atoms with Gasteiger partial charge in [0, 0.05) is 44.3 Å². The highest BCUT2D eigenvalue weighted by molar-refractivity contribution is 5.79. The summed E-state index contributed by atoms with van der Waals surface area (Å²) in [6.45, 7) is 2.79. The maximum atomic E-state index is 12.6. The monoisotopic (exact) mass is 338 g/mol. The topological polar surface area (TPSA) is 71.6 Å². The summed E-state index contributed by atoms with van der Waals surface area (Å²) in [5, 5.41) is 0. The minimum absolute atomic E-state index is 0.00506. The number of oxazole rings is 1. The Morgan fingerprint density at radius 2 is 1.76 bits per heavy atom. The first kappa shape index (κ1) is 15.4. The molecule has 0 atom stereocenters. The zero-order chi connectivity index (χ0) is 17.2. The quantitative estimate of drug-likeness (QED) is 0.721. The van der Waals surface area contributed by atoms with Gasteiger partial charge >= 0.3 is 5.76 Å². The van der Waals surface area contributed by atoms with Crippen molar-refractivity contribution in [3.63, 3.8) is 0 Å². The Labute approximate surface area is 144 Å². The molecule has 7 nitrogen and oxygen atoms in total. The fraction of sp³-hybridized carbons (Fsp3) is 0.278. The molecule has 4 rings (SSSR count). The fourth-order valence-corrected chi connectivity index (χ4v) is 3.17. The molecule has 0 N–H and O–H groups in total. The molecule has 1 saturated heterocycles. The number of nitrogens with zero attached hydrogens (tertiary/aromatic N) is 4. The third kappa shape index (κ3) is 3.00. The highest BCUT2D eigenvalue weighted by atomic mass is 16.4. The number of benzene rings is 1. The van der Waals surface area contributed by atoms with Gasteiger partial charge in [-0.1, -0.05) is 12.1 Å². The molecule has 0 radical (unpaired) electrons. The van der Waals surface area contributed by atoms with Crippen molar-refractivity contribution in [2.45, 2.75) is 6.54 Å². The van der Waals surface area contributed by atoms with E-state index in [2.05, 4.69) is 9.88 Å². The van der Waals surface area contributed by atoms with Gasteiger partial charge < -0.3 is 14.2 Å². The molecule has 1 aliphatic heterocycles. The molecule has 0 aliphatic carbocycles. The number of carbonyl (C=O) groups is 1. The number of rotatable bonds is 3. The van der Waals surface area contributed by atoms with Crippen molar-refractivity contribution in [2.75, 3.05) is 31.1 Å². The average Bonchev–Trinajstić information content (AvgIpc) is 2.98. The van der Waals surface area contributed by atoms with Crippen LogP contribution in [0.2, 0.25) is 0 Å². The van der Waals surface area contributed by atoms with Gasteiger partial charge in [-0.2, -0.15) is 0 Å². The van der Waals surface area contributed by atoms with E-state index in [0.717, 1.165) is 18.8 Å². The molecule has 3 heterocycles. The van der Waals surface area contributed by atoms with Gasteiger partial charge in [0.25, 0.3) is 0 Å². The molecule has 128 valence electrons. The zero-order valence-electron chi connectivity index (χ0n) is 13.7. The van der Waals surface area contributed by atoms with Crippen LogP contribution in [-0.4, -0.2) is 46.5 Å². The van der Waals surface area contributed by atoms with Crippen molar-refractivity contribution in [3.8, 4) is 0 Å². The molecule has 0 saturated carbocycles. The maximum absolute atomic E-state index is 12.6. The molecule has 1 aromatic carbocycles. The number of anilines is 1. The van der Waals surface area contributed by atoms with Crippen LogP contribution in [0.4, 0.5) is 5.69 Å². The second-order valence-corrected chi connectivity index (χ2v) is 6.00. The molecule has 2 aromatic heterocycles. The Bertz CT molecular complexity index is 940. The van der Waals surface area contributed by atoms with Crippen molar-refractivity contribution in [2.24, 2.45) is 0 Å². The van der Waals surface area contributed by atoms with Crippen LogP contribution in [-0.2, 0) is 11.3 Å². The summed E-state index contributed by atoms with van der Waals surface area (Å²) < 4.78 is 6.58. The van der Waals surface area contributed by atoms with Crippen LogP contribution < -0.4 is 10.7 Å². The highest BCUT2D eigenvalue weighted by Gasteiger charge is 2.22. The molecule has 3 aromatic rings. The van der Waals surface area contributed by atoms with Crippen molar-refractivity contribution >= 4 is 22.7 Å². The van der Waals surface area contributed by atoms with Crippen molar-refractivity contribution < 1.29 is 9.21 Å². The summed E-state index contributed by atoms with van der Waals surface area (Å²) in [7, 11) is 0. The maximum Gasteiger partial charge on any atom is 0.420 e. The second kappa shape index (κ2) is 6.43. The van der Waals surface area contributed by atoms with E-state index in [9.17, 15) is 9.59 Å². The number of fused-ring (bicyclic) bond motifs is 1. The lowest BCUT2D eigenvalue weighted by Crippen LogP contribution is -2.50. The lowest BCUT2D eigenvalue weighted by Gasteiger charge is -2.36. The summed E-state index contributed by atoms with van der Waals surface area (Å²) in [6.07, 6.45) is 3.53. The van der Waals surface area contributed by atoms with Crippen LogP contribution in [0.25, 0.3) is 11.1 Å². The first-order valence-electron chi connectivity index (χ1n) is 8.23. The van der Waals surface area contributed by atoms with Gasteiger partial charge in [0.1, 0.15) is 6.54 Å². The second-order valence-electron chi connectivity index (χ2n) is 6.00. The van der Waals surface area contributed by atoms with E-state index in [1.807, 2.05) is 18.2 Å². The number of hydrogen-bond donors (Lipinski definition) is 0. The van der Waals surface area contributed by atoms with Gasteiger partial charge in [0.15, 0.2) is 5.58 Å². The molecule has 1 amide bonds. The number of para-hydroxylation sites is 2. The Hall–Kier alpha value is -3.09. The first-order chi connectivity index (χ1) is 12.2. The third-order valence-corrected chi connectivity index (χ3v) is 4.53. The number of piperazine rings is 1. The lowest BCUT2D eigenvalue weighted by atomic mass is 10.2. The molecule has 1 aliphatic rings. The van der Waals surface area contributed by atoms with Gasteiger partial charge in [-0.25, -0.2) is 4.79 Å². The van der Waals surface area contributed by atoms with E-state index in [1.165, 1.54) is 4.57 Å². The zero-order valence-corrected chi connectivity index (χ0v) is 13.7. The predicted molar refractivity (Wildman–Crippen MR) is 93.5 cm³/mol. The molecule has 7 heteroatoms. The van der Waals surface area contributed by atoms with Crippen LogP contribution in [0.5, 0.6) is 0 Å². The molecule has 0 bridgehead atoms. The Morgan fingerprint density at radius 3 is 2.52 bits per heavy atom. The average molecular weight is 338 g/mol. The van der Waals surface area contributed by atoms with Crippen LogP contribution in [0.15, 0.2) is 58.0 Å². The Balaban J connectivity index is 1.44. The fourth-order valence-electron chi connectivity index (χ4n) is 3.17. The summed E-state index contributed by atoms with van der Waals surface area (Å²) in [4.78, 5) is 32.7. The molecular formula is C18H18N4O3. The number of amides is 1. The van der Waals surface area contributed by atoms with Crippen LogP contribution in [0.3, 0.4) is 0 Å². The van der Waals surface area contributed by atoms with Crippen LogP contribution >= 0.6 is 0 Å². The minimum atomic E-state index is -0.495. The summed E-state index contributed by atoms with van der Waals surface area (Å²) >= 11 is 0. The van der Waals surface area contributed by atoms with E-state index >= 15 is 0 Å². The normalized spacial score (nSPS) is 14.9. The number of hydrogen-bond acceptors (Lipinski definition) is 5. The minimum Gasteiger partial charge on any atom is -0.408 e. The number of carbonyl (C=O) groups excluding carboxylic acids is 1. The summed E-state index contributed by atoms with van der Waals surface area (Å²) in [6, 6.07) is 11.1. The van der Waals surface area contributed by atoms with Gasteiger partial charge in [0.05, 0.1) is 5.52 Å². The van der Waals surface area contributed by atoms with Crippen LogP contribution in [0, 0.1) is 0 Å². The summed E-state index contributed by atoms with van der Waals surface area (Å²) in [5.74, 6) is -0.562. The first-order valence-corrected chi connectivity index (χ1v) is 8.23. The van der Waals surface area contributed by atoms with Gasteiger partial charge in [-0.15, -0.1) is 0 Å². The molecule has 0 spiro atoms. The molecule has 1 fully saturated rings. The highest BCUT2D eigenvalue weighted by Crippen LogP contribution is 2.16. The van der Waals surface area contributed by atoms with Gasteiger partial charge in [0.2, 0.25) is 5.91 Å². The van der Waals surface area contributed by atoms with Crippen molar-refractivity contribution in [1.29, 1.82) is 0 Å². The van der Waals surface area contributed by atoms with Gasteiger partial charge in [-0.3, -0.25) is 14.3 Å². The van der Waals surface area contributed by atoms with E-state index in [0.29, 0.717) is 24.2 Å². The third-order valence-electron chi connectivity index (χ3n) is 4.53. The Morgan fingerprint density at radius 1 is 1.04 bits per heavy atom. The lowest BCUT2D eigenvalue weighted by molar-refractivity contribution is -0.132. The van der Waals surface area contributed by atoms with E-state index in [1.54, 1.807) is 35.5 Å². The number of pyridine rings is 1. The van der Waals surface area contributed by atoms with E-state index < -0.39 is 5.76 Å². The Kier molecular flexibility index (Phi) is 3.97. The van der Waals surface area contributed by atoms with E-state index in [4.69, 9.17) is 4.42 Å². The molecule has 0 unspecified atom stereocenters. The SMILES string of the molecule is O=C(Cn1c(=O)oc2ccccc21)N1CCN(c2ccncc2)CC1.